The van der Waals surface area contributed by atoms with Gasteiger partial charge in [-0.1, -0.05) is 36.2 Å². The molecule has 110 valence electrons. The second-order valence-electron chi connectivity index (χ2n) is 5.63. The fourth-order valence-corrected chi connectivity index (χ4v) is 3.65. The summed E-state index contributed by atoms with van der Waals surface area (Å²) in [5, 5.41) is 14.3. The Labute approximate surface area is 128 Å². The van der Waals surface area contributed by atoms with Crippen LogP contribution in [0.4, 0.5) is 5.69 Å². The molecule has 4 nitrogen and oxygen atoms in total. The van der Waals surface area contributed by atoms with Crippen LogP contribution in [0.1, 0.15) is 38.7 Å². The maximum Gasteiger partial charge on any atom is 0.270 e. The van der Waals surface area contributed by atoms with E-state index < -0.39 is 0 Å². The van der Waals surface area contributed by atoms with E-state index in [9.17, 15) is 10.1 Å². The molecular formula is C15H21BrN2O2. The number of hydrogen-bond acceptors (Lipinski definition) is 3. The fourth-order valence-electron chi connectivity index (χ4n) is 3.15. The molecule has 1 aromatic carbocycles. The van der Waals surface area contributed by atoms with Gasteiger partial charge in [0.1, 0.15) is 0 Å². The molecule has 0 spiro atoms. The molecule has 1 aromatic rings. The van der Waals surface area contributed by atoms with Gasteiger partial charge in [-0.3, -0.25) is 10.1 Å². The monoisotopic (exact) mass is 340 g/mol. The summed E-state index contributed by atoms with van der Waals surface area (Å²) < 4.78 is 0.803. The lowest BCUT2D eigenvalue weighted by Gasteiger charge is -2.21. The van der Waals surface area contributed by atoms with E-state index in [1.54, 1.807) is 12.1 Å². The van der Waals surface area contributed by atoms with E-state index in [1.807, 2.05) is 6.07 Å². The van der Waals surface area contributed by atoms with Crippen molar-refractivity contribution in [1.29, 1.82) is 0 Å². The average molecular weight is 341 g/mol. The number of hydrogen-bond donors (Lipinski definition) is 1. The molecule has 1 aliphatic carbocycles. The zero-order valence-corrected chi connectivity index (χ0v) is 13.5. The summed E-state index contributed by atoms with van der Waals surface area (Å²) in [5.41, 5.74) is 1.20. The van der Waals surface area contributed by atoms with Crippen LogP contribution < -0.4 is 5.32 Å². The summed E-state index contributed by atoms with van der Waals surface area (Å²) in [5.74, 6) is 1.53. The smallest absolute Gasteiger partial charge is 0.270 e. The number of halogens is 1. The Morgan fingerprint density at radius 3 is 2.75 bits per heavy atom. The maximum absolute atomic E-state index is 10.7. The van der Waals surface area contributed by atoms with Crippen LogP contribution in [0.15, 0.2) is 22.7 Å². The van der Waals surface area contributed by atoms with Crippen LogP contribution >= 0.6 is 15.9 Å². The summed E-state index contributed by atoms with van der Waals surface area (Å²) in [4.78, 5) is 10.3. The van der Waals surface area contributed by atoms with Gasteiger partial charge in [0.2, 0.25) is 0 Å². The lowest BCUT2D eigenvalue weighted by atomic mass is 9.93. The minimum Gasteiger partial charge on any atom is -0.310 e. The van der Waals surface area contributed by atoms with Crippen molar-refractivity contribution in [1.82, 2.24) is 5.32 Å². The summed E-state index contributed by atoms with van der Waals surface area (Å²) in [6.45, 7) is 5.34. The van der Waals surface area contributed by atoms with Gasteiger partial charge in [0.15, 0.2) is 0 Å². The van der Waals surface area contributed by atoms with Crippen LogP contribution in [0.5, 0.6) is 0 Å². The van der Waals surface area contributed by atoms with E-state index in [0.29, 0.717) is 12.0 Å². The molecule has 20 heavy (non-hydrogen) atoms. The molecule has 0 aromatic heterocycles. The van der Waals surface area contributed by atoms with E-state index in [-0.39, 0.29) is 10.6 Å². The van der Waals surface area contributed by atoms with Gasteiger partial charge in [0.05, 0.1) is 4.92 Å². The van der Waals surface area contributed by atoms with Crippen molar-refractivity contribution in [2.24, 2.45) is 11.8 Å². The highest BCUT2D eigenvalue weighted by atomic mass is 79.9. The van der Waals surface area contributed by atoms with Crippen molar-refractivity contribution in [2.45, 2.75) is 45.7 Å². The predicted octanol–water partition coefficient (Wildman–Crippen LogP) is 4.27. The molecule has 1 saturated carbocycles. The van der Waals surface area contributed by atoms with Gasteiger partial charge >= 0.3 is 0 Å². The van der Waals surface area contributed by atoms with Gasteiger partial charge in [0.25, 0.3) is 5.69 Å². The number of benzene rings is 1. The van der Waals surface area contributed by atoms with Crippen LogP contribution in [-0.2, 0) is 6.54 Å². The normalized spacial score (nSPS) is 25.9. The zero-order chi connectivity index (χ0) is 14.7. The topological polar surface area (TPSA) is 55.2 Å². The van der Waals surface area contributed by atoms with Crippen molar-refractivity contribution >= 4 is 21.6 Å². The van der Waals surface area contributed by atoms with Crippen LogP contribution in [0.25, 0.3) is 0 Å². The van der Waals surface area contributed by atoms with Crippen molar-refractivity contribution in [3.63, 3.8) is 0 Å². The molecule has 2 rings (SSSR count). The Hall–Kier alpha value is -0.940. The number of nitro benzene ring substituents is 1. The average Bonchev–Trinajstić information content (AvgIpc) is 2.77. The standard InChI is InChI=1S/C15H21BrN2O2/c1-3-11-5-7-15(10(11)2)17-9-12-4-6-13(18(19)20)8-14(12)16/h4,6,8,10-11,15,17H,3,5,7,9H2,1-2H3. The third-order valence-corrected chi connectivity index (χ3v) is 5.29. The predicted molar refractivity (Wildman–Crippen MR) is 83.6 cm³/mol. The molecule has 5 heteroatoms. The Morgan fingerprint density at radius 1 is 1.45 bits per heavy atom. The molecule has 3 atom stereocenters. The third-order valence-electron chi connectivity index (χ3n) is 4.55. The van der Waals surface area contributed by atoms with Gasteiger partial charge in [-0.25, -0.2) is 0 Å². The van der Waals surface area contributed by atoms with E-state index in [2.05, 4.69) is 35.1 Å². The van der Waals surface area contributed by atoms with Gasteiger partial charge in [-0.2, -0.15) is 0 Å². The fraction of sp³-hybridized carbons (Fsp3) is 0.600. The second kappa shape index (κ2) is 6.68. The first-order valence-electron chi connectivity index (χ1n) is 7.19. The summed E-state index contributed by atoms with van der Waals surface area (Å²) in [6.07, 6.45) is 3.78. The van der Waals surface area contributed by atoms with Gasteiger partial charge in [-0.05, 0) is 36.3 Å². The first-order chi connectivity index (χ1) is 9.52. The first kappa shape index (κ1) is 15.4. The molecule has 0 bridgehead atoms. The van der Waals surface area contributed by atoms with Crippen LogP contribution in [0.2, 0.25) is 0 Å². The van der Waals surface area contributed by atoms with Crippen LogP contribution in [-0.4, -0.2) is 11.0 Å². The maximum atomic E-state index is 10.7. The van der Waals surface area contributed by atoms with Gasteiger partial charge in [0, 0.05) is 29.2 Å². The highest BCUT2D eigenvalue weighted by Crippen LogP contribution is 2.34. The molecule has 1 aliphatic rings. The minimum absolute atomic E-state index is 0.126. The number of nitro groups is 1. The third kappa shape index (κ3) is 3.38. The molecule has 0 aliphatic heterocycles. The van der Waals surface area contributed by atoms with Gasteiger partial charge < -0.3 is 5.32 Å². The molecule has 1 fully saturated rings. The highest BCUT2D eigenvalue weighted by molar-refractivity contribution is 9.10. The minimum atomic E-state index is -0.368. The number of non-ortho nitro benzene ring substituents is 1. The Morgan fingerprint density at radius 2 is 2.20 bits per heavy atom. The number of nitrogens with one attached hydrogen (secondary N) is 1. The lowest BCUT2D eigenvalue weighted by Crippen LogP contribution is -2.32. The lowest BCUT2D eigenvalue weighted by molar-refractivity contribution is -0.384. The molecule has 1 N–H and O–H groups in total. The number of rotatable bonds is 5. The molecule has 0 radical (unpaired) electrons. The van der Waals surface area contributed by atoms with Crippen molar-refractivity contribution < 1.29 is 4.92 Å². The van der Waals surface area contributed by atoms with Crippen molar-refractivity contribution in [2.75, 3.05) is 0 Å². The van der Waals surface area contributed by atoms with Gasteiger partial charge in [-0.15, -0.1) is 0 Å². The number of nitrogens with zero attached hydrogens (tertiary/aromatic N) is 1. The van der Waals surface area contributed by atoms with Crippen molar-refractivity contribution in [3.8, 4) is 0 Å². The zero-order valence-electron chi connectivity index (χ0n) is 11.9. The SMILES string of the molecule is CCC1CCC(NCc2ccc([N+](=O)[O-])cc2Br)C1C. The first-order valence-corrected chi connectivity index (χ1v) is 7.98. The Bertz CT molecular complexity index is 493. The molecule has 0 amide bonds. The van der Waals surface area contributed by atoms with Crippen LogP contribution in [0, 0.1) is 22.0 Å². The summed E-state index contributed by atoms with van der Waals surface area (Å²) in [7, 11) is 0. The van der Waals surface area contributed by atoms with E-state index >= 15 is 0 Å². The summed E-state index contributed by atoms with van der Waals surface area (Å²) >= 11 is 3.42. The quantitative estimate of drug-likeness (QED) is 0.643. The Kier molecular flexibility index (Phi) is 5.16. The molecule has 0 heterocycles. The summed E-state index contributed by atoms with van der Waals surface area (Å²) in [6, 6.07) is 5.52. The molecular weight excluding hydrogens is 320 g/mol. The Balaban J connectivity index is 1.96. The van der Waals surface area contributed by atoms with E-state index in [1.165, 1.54) is 19.3 Å². The largest absolute Gasteiger partial charge is 0.310 e. The second-order valence-corrected chi connectivity index (χ2v) is 6.48. The van der Waals surface area contributed by atoms with Crippen LogP contribution in [0.3, 0.4) is 0 Å². The highest BCUT2D eigenvalue weighted by Gasteiger charge is 2.30. The van der Waals surface area contributed by atoms with E-state index in [4.69, 9.17) is 0 Å². The van der Waals surface area contributed by atoms with E-state index in [0.717, 1.165) is 22.5 Å². The van der Waals surface area contributed by atoms with Crippen molar-refractivity contribution in [3.05, 3.63) is 38.3 Å². The molecule has 3 unspecified atom stereocenters. The molecule has 0 saturated heterocycles.